The van der Waals surface area contributed by atoms with Crippen LogP contribution >= 0.6 is 34.8 Å². The standard InChI is InChI=1S/C11H10Cl3N3/c1-6-9(13)11(17(2)16-6)15-8-5-3-4-7(12)10(8)14/h3-5,15H,1-2H3. The van der Waals surface area contributed by atoms with Crippen molar-refractivity contribution in [1.29, 1.82) is 0 Å². The molecule has 0 fully saturated rings. The van der Waals surface area contributed by atoms with Gasteiger partial charge in [-0.15, -0.1) is 0 Å². The van der Waals surface area contributed by atoms with Gasteiger partial charge in [-0.1, -0.05) is 40.9 Å². The van der Waals surface area contributed by atoms with Crippen molar-refractivity contribution in [3.63, 3.8) is 0 Å². The Morgan fingerprint density at radius 1 is 1.18 bits per heavy atom. The van der Waals surface area contributed by atoms with Gasteiger partial charge in [-0.3, -0.25) is 4.68 Å². The molecule has 1 aromatic heterocycles. The lowest BCUT2D eigenvalue weighted by atomic mass is 10.3. The van der Waals surface area contributed by atoms with Gasteiger partial charge in [-0.05, 0) is 19.1 Å². The number of hydrogen-bond acceptors (Lipinski definition) is 2. The topological polar surface area (TPSA) is 29.9 Å². The van der Waals surface area contributed by atoms with E-state index in [9.17, 15) is 0 Å². The Bertz CT molecular complexity index is 563. The number of aromatic nitrogens is 2. The van der Waals surface area contributed by atoms with Crippen molar-refractivity contribution in [2.75, 3.05) is 5.32 Å². The molecule has 0 radical (unpaired) electrons. The highest BCUT2D eigenvalue weighted by Gasteiger charge is 2.13. The normalized spacial score (nSPS) is 10.6. The summed E-state index contributed by atoms with van der Waals surface area (Å²) in [6.45, 7) is 1.84. The molecule has 0 amide bonds. The SMILES string of the molecule is Cc1nn(C)c(Nc2cccc(Cl)c2Cl)c1Cl. The van der Waals surface area contributed by atoms with Crippen LogP contribution in [0.1, 0.15) is 5.69 Å². The zero-order valence-corrected chi connectivity index (χ0v) is 11.5. The molecular formula is C11H10Cl3N3. The minimum absolute atomic E-state index is 0.462. The van der Waals surface area contributed by atoms with Crippen molar-refractivity contribution >= 4 is 46.3 Å². The number of anilines is 2. The Morgan fingerprint density at radius 3 is 2.47 bits per heavy atom. The summed E-state index contributed by atoms with van der Waals surface area (Å²) in [6.07, 6.45) is 0. The minimum atomic E-state index is 0.462. The van der Waals surface area contributed by atoms with E-state index in [0.29, 0.717) is 26.6 Å². The molecular weight excluding hydrogens is 281 g/mol. The van der Waals surface area contributed by atoms with Crippen LogP contribution < -0.4 is 5.32 Å². The van der Waals surface area contributed by atoms with E-state index in [1.807, 2.05) is 19.1 Å². The summed E-state index contributed by atoms with van der Waals surface area (Å²) < 4.78 is 1.66. The molecule has 0 spiro atoms. The fraction of sp³-hybridized carbons (Fsp3) is 0.182. The molecule has 1 aromatic carbocycles. The van der Waals surface area contributed by atoms with Crippen LogP contribution in [0, 0.1) is 6.92 Å². The lowest BCUT2D eigenvalue weighted by molar-refractivity contribution is 0.765. The van der Waals surface area contributed by atoms with Crippen molar-refractivity contribution in [2.45, 2.75) is 6.92 Å². The maximum absolute atomic E-state index is 6.13. The van der Waals surface area contributed by atoms with Crippen LogP contribution in [0.4, 0.5) is 11.5 Å². The van der Waals surface area contributed by atoms with Gasteiger partial charge in [0.2, 0.25) is 0 Å². The van der Waals surface area contributed by atoms with Gasteiger partial charge in [-0.25, -0.2) is 0 Å². The molecule has 0 unspecified atom stereocenters. The third-order valence-corrected chi connectivity index (χ3v) is 3.63. The Hall–Kier alpha value is -0.900. The first kappa shape index (κ1) is 12.6. The molecule has 6 heteroatoms. The molecule has 3 nitrogen and oxygen atoms in total. The first-order valence-electron chi connectivity index (χ1n) is 4.91. The molecule has 1 heterocycles. The third-order valence-electron chi connectivity index (χ3n) is 2.35. The molecule has 90 valence electrons. The lowest BCUT2D eigenvalue weighted by Crippen LogP contribution is -2.00. The third kappa shape index (κ3) is 2.37. The molecule has 0 saturated carbocycles. The van der Waals surface area contributed by atoms with Crippen LogP contribution in [0.5, 0.6) is 0 Å². The van der Waals surface area contributed by atoms with Gasteiger partial charge >= 0.3 is 0 Å². The summed E-state index contributed by atoms with van der Waals surface area (Å²) in [7, 11) is 1.81. The van der Waals surface area contributed by atoms with E-state index >= 15 is 0 Å². The van der Waals surface area contributed by atoms with E-state index in [4.69, 9.17) is 34.8 Å². The van der Waals surface area contributed by atoms with E-state index in [2.05, 4.69) is 10.4 Å². The second-order valence-corrected chi connectivity index (χ2v) is 4.76. The predicted molar refractivity (Wildman–Crippen MR) is 72.7 cm³/mol. The van der Waals surface area contributed by atoms with Gasteiger partial charge in [0.15, 0.2) is 0 Å². The molecule has 0 aliphatic carbocycles. The smallest absolute Gasteiger partial charge is 0.147 e. The number of nitrogens with zero attached hydrogens (tertiary/aromatic N) is 2. The summed E-state index contributed by atoms with van der Waals surface area (Å²) >= 11 is 18.2. The average molecular weight is 291 g/mol. The molecule has 1 N–H and O–H groups in total. The van der Waals surface area contributed by atoms with E-state index < -0.39 is 0 Å². The van der Waals surface area contributed by atoms with Crippen LogP contribution in [0.15, 0.2) is 18.2 Å². The number of benzene rings is 1. The highest BCUT2D eigenvalue weighted by atomic mass is 35.5. The summed E-state index contributed by atoms with van der Waals surface area (Å²) in [6, 6.07) is 5.37. The van der Waals surface area contributed by atoms with E-state index in [1.165, 1.54) is 0 Å². The molecule has 0 atom stereocenters. The number of aryl methyl sites for hydroxylation is 2. The number of nitrogens with one attached hydrogen (secondary N) is 1. The minimum Gasteiger partial charge on any atom is -0.338 e. The van der Waals surface area contributed by atoms with E-state index in [1.54, 1.807) is 17.8 Å². The second-order valence-electron chi connectivity index (χ2n) is 3.60. The molecule has 0 saturated heterocycles. The second kappa shape index (κ2) is 4.77. The summed E-state index contributed by atoms with van der Waals surface area (Å²) in [4.78, 5) is 0. The average Bonchev–Trinajstić information content (AvgIpc) is 2.51. The predicted octanol–water partition coefficient (Wildman–Crippen LogP) is 4.43. The lowest BCUT2D eigenvalue weighted by Gasteiger charge is -2.09. The van der Waals surface area contributed by atoms with Crippen LogP contribution in [0.2, 0.25) is 15.1 Å². The van der Waals surface area contributed by atoms with Crippen molar-refractivity contribution in [3.05, 3.63) is 39.0 Å². The van der Waals surface area contributed by atoms with Gasteiger partial charge in [0, 0.05) is 7.05 Å². The first-order chi connectivity index (χ1) is 8.00. The van der Waals surface area contributed by atoms with Crippen LogP contribution in [-0.4, -0.2) is 9.78 Å². The highest BCUT2D eigenvalue weighted by molar-refractivity contribution is 6.43. The van der Waals surface area contributed by atoms with Gasteiger partial charge in [0.25, 0.3) is 0 Å². The maximum Gasteiger partial charge on any atom is 0.147 e. The maximum atomic E-state index is 6.13. The van der Waals surface area contributed by atoms with Crippen LogP contribution in [0.25, 0.3) is 0 Å². The van der Waals surface area contributed by atoms with Crippen molar-refractivity contribution in [3.8, 4) is 0 Å². The number of halogens is 3. The molecule has 17 heavy (non-hydrogen) atoms. The molecule has 0 aliphatic rings. The first-order valence-corrected chi connectivity index (χ1v) is 6.04. The summed E-state index contributed by atoms with van der Waals surface area (Å²) in [5, 5.41) is 8.85. The fourth-order valence-corrected chi connectivity index (χ4v) is 2.05. The summed E-state index contributed by atoms with van der Waals surface area (Å²) in [5.74, 6) is 0.688. The Balaban J connectivity index is 2.41. The highest BCUT2D eigenvalue weighted by Crippen LogP contribution is 2.34. The van der Waals surface area contributed by atoms with Crippen molar-refractivity contribution < 1.29 is 0 Å². The zero-order valence-electron chi connectivity index (χ0n) is 9.26. The molecule has 0 bridgehead atoms. The summed E-state index contributed by atoms with van der Waals surface area (Å²) in [5.41, 5.74) is 1.46. The molecule has 2 aromatic rings. The van der Waals surface area contributed by atoms with Gasteiger partial charge < -0.3 is 5.32 Å². The monoisotopic (exact) mass is 289 g/mol. The quantitative estimate of drug-likeness (QED) is 0.886. The van der Waals surface area contributed by atoms with Crippen LogP contribution in [0.3, 0.4) is 0 Å². The van der Waals surface area contributed by atoms with Gasteiger partial charge in [0.1, 0.15) is 10.8 Å². The largest absolute Gasteiger partial charge is 0.338 e. The number of rotatable bonds is 2. The van der Waals surface area contributed by atoms with Gasteiger partial charge in [-0.2, -0.15) is 5.10 Å². The zero-order chi connectivity index (χ0) is 12.6. The molecule has 0 aliphatic heterocycles. The Morgan fingerprint density at radius 2 is 1.88 bits per heavy atom. The Labute approximate surface area is 114 Å². The van der Waals surface area contributed by atoms with Gasteiger partial charge in [0.05, 0.1) is 21.4 Å². The van der Waals surface area contributed by atoms with E-state index in [-0.39, 0.29) is 0 Å². The van der Waals surface area contributed by atoms with Crippen molar-refractivity contribution in [2.24, 2.45) is 7.05 Å². The van der Waals surface area contributed by atoms with Crippen LogP contribution in [-0.2, 0) is 7.05 Å². The van der Waals surface area contributed by atoms with Crippen molar-refractivity contribution in [1.82, 2.24) is 9.78 Å². The number of hydrogen-bond donors (Lipinski definition) is 1. The Kier molecular flexibility index (Phi) is 3.52. The van der Waals surface area contributed by atoms with E-state index in [0.717, 1.165) is 5.69 Å². The fourth-order valence-electron chi connectivity index (χ4n) is 1.50. The molecule has 2 rings (SSSR count).